The molecule has 1 unspecified atom stereocenters. The third-order valence-corrected chi connectivity index (χ3v) is 2.55. The molecule has 1 fully saturated rings. The van der Waals surface area contributed by atoms with Gasteiger partial charge in [0.05, 0.1) is 0 Å². The first-order chi connectivity index (χ1) is 6.43. The van der Waals surface area contributed by atoms with Gasteiger partial charge >= 0.3 is 0 Å². The summed E-state index contributed by atoms with van der Waals surface area (Å²) >= 11 is 0. The van der Waals surface area contributed by atoms with Crippen molar-refractivity contribution in [2.75, 3.05) is 0 Å². The number of imide groups is 1. The zero-order valence-electron chi connectivity index (χ0n) is 9.41. The lowest BCUT2D eigenvalue weighted by molar-refractivity contribution is -0.141. The molecule has 1 aliphatic rings. The van der Waals surface area contributed by atoms with Crippen LogP contribution in [0.25, 0.3) is 0 Å². The molecule has 2 amide bonds. The number of hydrogen-bond donors (Lipinski definition) is 0. The van der Waals surface area contributed by atoms with Crippen molar-refractivity contribution in [1.82, 2.24) is 4.90 Å². The SMILES string of the molecule is CC(C)CC1CC(=O)N(C(C)C)C1=O. The van der Waals surface area contributed by atoms with Crippen LogP contribution in [0, 0.1) is 11.8 Å². The molecule has 0 N–H and O–H groups in total. The van der Waals surface area contributed by atoms with E-state index in [2.05, 4.69) is 13.8 Å². The van der Waals surface area contributed by atoms with Gasteiger partial charge in [0.1, 0.15) is 0 Å². The summed E-state index contributed by atoms with van der Waals surface area (Å²) in [5, 5.41) is 0. The van der Waals surface area contributed by atoms with Gasteiger partial charge in [-0.1, -0.05) is 13.8 Å². The van der Waals surface area contributed by atoms with Gasteiger partial charge in [-0.2, -0.15) is 0 Å². The Morgan fingerprint density at radius 3 is 2.21 bits per heavy atom. The first-order valence-electron chi connectivity index (χ1n) is 5.29. The van der Waals surface area contributed by atoms with E-state index in [1.54, 1.807) is 0 Å². The molecule has 0 aromatic carbocycles. The van der Waals surface area contributed by atoms with Crippen LogP contribution in [0.4, 0.5) is 0 Å². The molecular weight excluding hydrogens is 178 g/mol. The topological polar surface area (TPSA) is 37.4 Å². The predicted octanol–water partition coefficient (Wildman–Crippen LogP) is 1.82. The van der Waals surface area contributed by atoms with Crippen molar-refractivity contribution in [3.63, 3.8) is 0 Å². The summed E-state index contributed by atoms with van der Waals surface area (Å²) in [4.78, 5) is 24.7. The molecule has 1 aliphatic heterocycles. The van der Waals surface area contributed by atoms with Crippen LogP contribution in [-0.2, 0) is 9.59 Å². The lowest BCUT2D eigenvalue weighted by atomic mass is 9.96. The molecule has 3 nitrogen and oxygen atoms in total. The molecule has 14 heavy (non-hydrogen) atoms. The molecule has 0 saturated carbocycles. The second-order valence-corrected chi connectivity index (χ2v) is 4.73. The Hall–Kier alpha value is -0.860. The molecule has 1 atom stereocenters. The second-order valence-electron chi connectivity index (χ2n) is 4.73. The van der Waals surface area contributed by atoms with Crippen LogP contribution < -0.4 is 0 Å². The maximum absolute atomic E-state index is 11.8. The van der Waals surface area contributed by atoms with Crippen molar-refractivity contribution in [1.29, 1.82) is 0 Å². The molecule has 0 spiro atoms. The van der Waals surface area contributed by atoms with Gasteiger partial charge in [-0.25, -0.2) is 0 Å². The zero-order chi connectivity index (χ0) is 10.9. The number of rotatable bonds is 3. The van der Waals surface area contributed by atoms with Gasteiger partial charge in [-0.15, -0.1) is 0 Å². The first kappa shape index (κ1) is 11.2. The smallest absolute Gasteiger partial charge is 0.233 e. The van der Waals surface area contributed by atoms with E-state index in [0.29, 0.717) is 12.3 Å². The largest absolute Gasteiger partial charge is 0.280 e. The minimum atomic E-state index is -0.0649. The van der Waals surface area contributed by atoms with Crippen LogP contribution in [0.15, 0.2) is 0 Å². The predicted molar refractivity (Wildman–Crippen MR) is 54.6 cm³/mol. The van der Waals surface area contributed by atoms with Crippen LogP contribution in [0.3, 0.4) is 0 Å². The van der Waals surface area contributed by atoms with Crippen molar-refractivity contribution in [2.24, 2.45) is 11.8 Å². The van der Waals surface area contributed by atoms with Gasteiger partial charge in [0.25, 0.3) is 0 Å². The molecule has 1 saturated heterocycles. The van der Waals surface area contributed by atoms with Gasteiger partial charge in [0.2, 0.25) is 11.8 Å². The fourth-order valence-electron chi connectivity index (χ4n) is 2.01. The van der Waals surface area contributed by atoms with E-state index in [-0.39, 0.29) is 23.8 Å². The highest BCUT2D eigenvalue weighted by Crippen LogP contribution is 2.27. The molecule has 0 aliphatic carbocycles. The maximum atomic E-state index is 11.8. The summed E-state index contributed by atoms with van der Waals surface area (Å²) in [7, 11) is 0. The minimum absolute atomic E-state index is 0.00403. The first-order valence-corrected chi connectivity index (χ1v) is 5.29. The van der Waals surface area contributed by atoms with Gasteiger partial charge in [0, 0.05) is 18.4 Å². The monoisotopic (exact) mass is 197 g/mol. The average molecular weight is 197 g/mol. The molecule has 3 heteroatoms. The Kier molecular flexibility index (Phi) is 3.29. The highest BCUT2D eigenvalue weighted by molar-refractivity contribution is 6.03. The van der Waals surface area contributed by atoms with Crippen molar-refractivity contribution >= 4 is 11.8 Å². The normalized spacial score (nSPS) is 23.0. The number of hydrogen-bond acceptors (Lipinski definition) is 2. The summed E-state index contributed by atoms with van der Waals surface area (Å²) in [5.41, 5.74) is 0. The minimum Gasteiger partial charge on any atom is -0.280 e. The second kappa shape index (κ2) is 4.11. The van der Waals surface area contributed by atoms with Crippen LogP contribution in [0.1, 0.15) is 40.5 Å². The Morgan fingerprint density at radius 2 is 1.86 bits per heavy atom. The summed E-state index contributed by atoms with van der Waals surface area (Å²) in [6, 6.07) is 0.00663. The van der Waals surface area contributed by atoms with Crippen LogP contribution in [0.2, 0.25) is 0 Å². The summed E-state index contributed by atoms with van der Waals surface area (Å²) in [6.07, 6.45) is 1.24. The van der Waals surface area contributed by atoms with E-state index < -0.39 is 0 Å². The fraction of sp³-hybridized carbons (Fsp3) is 0.818. The van der Waals surface area contributed by atoms with Gasteiger partial charge in [-0.05, 0) is 26.2 Å². The molecular formula is C11H19NO2. The molecule has 80 valence electrons. The van der Waals surface area contributed by atoms with E-state index in [1.807, 2.05) is 13.8 Å². The third-order valence-electron chi connectivity index (χ3n) is 2.55. The highest BCUT2D eigenvalue weighted by atomic mass is 16.2. The average Bonchev–Trinajstić information content (AvgIpc) is 2.25. The molecule has 0 aromatic rings. The van der Waals surface area contributed by atoms with Gasteiger partial charge in [-0.3, -0.25) is 14.5 Å². The molecule has 0 bridgehead atoms. The number of nitrogens with zero attached hydrogens (tertiary/aromatic N) is 1. The van der Waals surface area contributed by atoms with Crippen molar-refractivity contribution in [3.05, 3.63) is 0 Å². The number of carbonyl (C=O) groups is 2. The van der Waals surface area contributed by atoms with Gasteiger partial charge in [0.15, 0.2) is 0 Å². The van der Waals surface area contributed by atoms with Crippen molar-refractivity contribution < 1.29 is 9.59 Å². The summed E-state index contributed by atoms with van der Waals surface area (Å²) in [6.45, 7) is 7.92. The van der Waals surface area contributed by atoms with Crippen LogP contribution >= 0.6 is 0 Å². The van der Waals surface area contributed by atoms with Crippen LogP contribution in [0.5, 0.6) is 0 Å². The third kappa shape index (κ3) is 2.14. The van der Waals surface area contributed by atoms with Crippen molar-refractivity contribution in [3.8, 4) is 0 Å². The number of amides is 2. The Morgan fingerprint density at radius 1 is 1.29 bits per heavy atom. The quantitative estimate of drug-likeness (QED) is 0.647. The lowest BCUT2D eigenvalue weighted by Crippen LogP contribution is -2.36. The standard InChI is InChI=1S/C11H19NO2/c1-7(2)5-9-6-10(13)12(8(3)4)11(9)14/h7-9H,5-6H2,1-4H3. The fourth-order valence-corrected chi connectivity index (χ4v) is 2.01. The van der Waals surface area contributed by atoms with Crippen molar-refractivity contribution in [2.45, 2.75) is 46.6 Å². The summed E-state index contributed by atoms with van der Waals surface area (Å²) < 4.78 is 0. The van der Waals surface area contributed by atoms with Crippen LogP contribution in [-0.4, -0.2) is 22.8 Å². The Bertz CT molecular complexity index is 246. The number of likely N-dealkylation sites (tertiary alicyclic amines) is 1. The van der Waals surface area contributed by atoms with Gasteiger partial charge < -0.3 is 0 Å². The Balaban J connectivity index is 2.69. The lowest BCUT2D eigenvalue weighted by Gasteiger charge is -2.19. The molecule has 0 aromatic heterocycles. The highest BCUT2D eigenvalue weighted by Gasteiger charge is 2.39. The number of carbonyl (C=O) groups excluding carboxylic acids is 2. The molecule has 1 heterocycles. The van der Waals surface area contributed by atoms with E-state index in [1.165, 1.54) is 4.90 Å². The van der Waals surface area contributed by atoms with E-state index in [4.69, 9.17) is 0 Å². The molecule has 1 rings (SSSR count). The van der Waals surface area contributed by atoms with E-state index >= 15 is 0 Å². The van der Waals surface area contributed by atoms with E-state index in [9.17, 15) is 9.59 Å². The van der Waals surface area contributed by atoms with E-state index in [0.717, 1.165) is 6.42 Å². The summed E-state index contributed by atoms with van der Waals surface area (Å²) in [5.74, 6) is 0.433. The maximum Gasteiger partial charge on any atom is 0.233 e. The Labute approximate surface area is 85.5 Å². The zero-order valence-corrected chi connectivity index (χ0v) is 9.41. The molecule has 0 radical (unpaired) electrons.